The van der Waals surface area contributed by atoms with Crippen LogP contribution in [0.5, 0.6) is 0 Å². The zero-order valence-corrected chi connectivity index (χ0v) is 10.5. The summed E-state index contributed by atoms with van der Waals surface area (Å²) in [5.41, 5.74) is 3.15. The van der Waals surface area contributed by atoms with E-state index in [0.29, 0.717) is 5.69 Å². The molecule has 4 heteroatoms. The molecule has 0 spiro atoms. The molecule has 2 aromatic rings. The number of nitrogens with one attached hydrogen (secondary N) is 2. The standard InChI is InChI=1S/C14H16FN3/c1-3-17-11-7-12(9-16-8-11)18-14-6-10(2)4-5-13(14)15/h4-9,17-18H,3H2,1-2H3. The van der Waals surface area contributed by atoms with E-state index in [2.05, 4.69) is 15.6 Å². The first-order valence-electron chi connectivity index (χ1n) is 5.91. The van der Waals surface area contributed by atoms with Gasteiger partial charge in [0.05, 0.1) is 29.5 Å². The number of pyridine rings is 1. The van der Waals surface area contributed by atoms with Gasteiger partial charge in [0.2, 0.25) is 0 Å². The van der Waals surface area contributed by atoms with Crippen molar-refractivity contribution in [2.45, 2.75) is 13.8 Å². The molecule has 0 saturated carbocycles. The first kappa shape index (κ1) is 12.4. The highest BCUT2D eigenvalue weighted by Crippen LogP contribution is 2.22. The number of benzene rings is 1. The van der Waals surface area contributed by atoms with E-state index in [4.69, 9.17) is 0 Å². The molecule has 0 aliphatic rings. The minimum Gasteiger partial charge on any atom is -0.384 e. The van der Waals surface area contributed by atoms with Crippen molar-refractivity contribution in [3.63, 3.8) is 0 Å². The van der Waals surface area contributed by atoms with Crippen LogP contribution in [0.4, 0.5) is 21.5 Å². The van der Waals surface area contributed by atoms with Crippen LogP contribution in [-0.4, -0.2) is 11.5 Å². The minimum atomic E-state index is -0.269. The Kier molecular flexibility index (Phi) is 3.77. The molecule has 0 bridgehead atoms. The fraction of sp³-hybridized carbons (Fsp3) is 0.214. The molecule has 18 heavy (non-hydrogen) atoms. The third kappa shape index (κ3) is 2.97. The summed E-state index contributed by atoms with van der Waals surface area (Å²) in [5, 5.41) is 6.20. The molecule has 0 unspecified atom stereocenters. The maximum absolute atomic E-state index is 13.6. The van der Waals surface area contributed by atoms with E-state index in [1.165, 1.54) is 6.07 Å². The van der Waals surface area contributed by atoms with Gasteiger partial charge < -0.3 is 10.6 Å². The predicted octanol–water partition coefficient (Wildman–Crippen LogP) is 3.70. The fourth-order valence-electron chi connectivity index (χ4n) is 1.70. The molecule has 0 saturated heterocycles. The molecule has 2 rings (SSSR count). The highest BCUT2D eigenvalue weighted by Gasteiger charge is 2.03. The van der Waals surface area contributed by atoms with E-state index in [-0.39, 0.29) is 5.82 Å². The number of aryl methyl sites for hydroxylation is 1. The van der Waals surface area contributed by atoms with Gasteiger partial charge in [0.25, 0.3) is 0 Å². The van der Waals surface area contributed by atoms with Gasteiger partial charge in [0.1, 0.15) is 5.82 Å². The van der Waals surface area contributed by atoms with E-state index in [1.807, 2.05) is 19.9 Å². The largest absolute Gasteiger partial charge is 0.384 e. The quantitative estimate of drug-likeness (QED) is 0.862. The van der Waals surface area contributed by atoms with Gasteiger partial charge in [-0.05, 0) is 37.6 Å². The first-order chi connectivity index (χ1) is 8.69. The molecule has 0 aliphatic carbocycles. The van der Waals surface area contributed by atoms with E-state index < -0.39 is 0 Å². The van der Waals surface area contributed by atoms with E-state index in [1.54, 1.807) is 24.5 Å². The second-order valence-corrected chi connectivity index (χ2v) is 4.10. The van der Waals surface area contributed by atoms with Crippen molar-refractivity contribution in [2.75, 3.05) is 17.2 Å². The Bertz CT molecular complexity index is 540. The first-order valence-corrected chi connectivity index (χ1v) is 5.91. The Morgan fingerprint density at radius 1 is 1.17 bits per heavy atom. The highest BCUT2D eigenvalue weighted by atomic mass is 19.1. The Balaban J connectivity index is 2.22. The minimum absolute atomic E-state index is 0.269. The van der Waals surface area contributed by atoms with Crippen LogP contribution in [0.15, 0.2) is 36.7 Å². The molecule has 0 amide bonds. The zero-order valence-electron chi connectivity index (χ0n) is 10.5. The number of anilines is 3. The smallest absolute Gasteiger partial charge is 0.146 e. The third-order valence-corrected chi connectivity index (χ3v) is 2.52. The normalized spacial score (nSPS) is 10.2. The van der Waals surface area contributed by atoms with Crippen LogP contribution in [0.1, 0.15) is 12.5 Å². The lowest BCUT2D eigenvalue weighted by molar-refractivity contribution is 0.631. The summed E-state index contributed by atoms with van der Waals surface area (Å²) in [6, 6.07) is 6.88. The summed E-state index contributed by atoms with van der Waals surface area (Å²) in [7, 11) is 0. The molecular formula is C14H16FN3. The Morgan fingerprint density at radius 3 is 2.72 bits per heavy atom. The van der Waals surface area contributed by atoms with Gasteiger partial charge >= 0.3 is 0 Å². The Labute approximate surface area is 106 Å². The summed E-state index contributed by atoms with van der Waals surface area (Å²) in [5.74, 6) is -0.269. The monoisotopic (exact) mass is 245 g/mol. The molecule has 94 valence electrons. The lowest BCUT2D eigenvalue weighted by atomic mass is 10.2. The summed E-state index contributed by atoms with van der Waals surface area (Å²) >= 11 is 0. The SMILES string of the molecule is CCNc1cncc(Nc2cc(C)ccc2F)c1. The lowest BCUT2D eigenvalue weighted by Crippen LogP contribution is -1.99. The van der Waals surface area contributed by atoms with Crippen LogP contribution >= 0.6 is 0 Å². The average Bonchev–Trinajstić information content (AvgIpc) is 2.35. The third-order valence-electron chi connectivity index (χ3n) is 2.52. The van der Waals surface area contributed by atoms with Crippen LogP contribution in [0.3, 0.4) is 0 Å². The van der Waals surface area contributed by atoms with E-state index in [0.717, 1.165) is 23.5 Å². The van der Waals surface area contributed by atoms with Gasteiger partial charge in [0, 0.05) is 6.54 Å². The number of hydrogen-bond donors (Lipinski definition) is 2. The van der Waals surface area contributed by atoms with Crippen molar-refractivity contribution in [1.29, 1.82) is 0 Å². The lowest BCUT2D eigenvalue weighted by Gasteiger charge is -2.10. The summed E-state index contributed by atoms with van der Waals surface area (Å²) in [6.45, 7) is 4.77. The second kappa shape index (κ2) is 5.49. The number of aromatic nitrogens is 1. The van der Waals surface area contributed by atoms with E-state index in [9.17, 15) is 4.39 Å². The van der Waals surface area contributed by atoms with E-state index >= 15 is 0 Å². The molecule has 0 atom stereocenters. The summed E-state index contributed by atoms with van der Waals surface area (Å²) in [6.07, 6.45) is 3.41. The van der Waals surface area contributed by atoms with Gasteiger partial charge in [-0.2, -0.15) is 0 Å². The number of halogens is 1. The maximum Gasteiger partial charge on any atom is 0.146 e. The van der Waals surface area contributed by atoms with Crippen LogP contribution in [0.2, 0.25) is 0 Å². The van der Waals surface area contributed by atoms with Crippen LogP contribution in [0, 0.1) is 12.7 Å². The van der Waals surface area contributed by atoms with Crippen molar-refractivity contribution < 1.29 is 4.39 Å². The number of nitrogens with zero attached hydrogens (tertiary/aromatic N) is 1. The fourth-order valence-corrected chi connectivity index (χ4v) is 1.70. The van der Waals surface area contributed by atoms with Crippen molar-refractivity contribution in [3.8, 4) is 0 Å². The molecule has 1 heterocycles. The van der Waals surface area contributed by atoms with Crippen molar-refractivity contribution in [3.05, 3.63) is 48.0 Å². The Hall–Kier alpha value is -2.10. The van der Waals surface area contributed by atoms with Crippen LogP contribution < -0.4 is 10.6 Å². The second-order valence-electron chi connectivity index (χ2n) is 4.10. The molecule has 1 aromatic carbocycles. The average molecular weight is 245 g/mol. The van der Waals surface area contributed by atoms with Gasteiger partial charge in [0.15, 0.2) is 0 Å². The molecule has 2 N–H and O–H groups in total. The number of rotatable bonds is 4. The molecule has 0 aliphatic heterocycles. The Morgan fingerprint density at radius 2 is 1.94 bits per heavy atom. The van der Waals surface area contributed by atoms with Crippen molar-refractivity contribution in [2.24, 2.45) is 0 Å². The highest BCUT2D eigenvalue weighted by molar-refractivity contribution is 5.63. The van der Waals surface area contributed by atoms with Crippen molar-refractivity contribution >= 4 is 17.1 Å². The molecule has 0 fully saturated rings. The van der Waals surface area contributed by atoms with Gasteiger partial charge in [-0.25, -0.2) is 4.39 Å². The van der Waals surface area contributed by atoms with Gasteiger partial charge in [-0.15, -0.1) is 0 Å². The maximum atomic E-state index is 13.6. The predicted molar refractivity (Wildman–Crippen MR) is 72.8 cm³/mol. The number of hydrogen-bond acceptors (Lipinski definition) is 3. The van der Waals surface area contributed by atoms with Crippen molar-refractivity contribution in [1.82, 2.24) is 4.98 Å². The molecule has 1 aromatic heterocycles. The van der Waals surface area contributed by atoms with Gasteiger partial charge in [-0.3, -0.25) is 4.98 Å². The topological polar surface area (TPSA) is 37.0 Å². The molecule has 0 radical (unpaired) electrons. The summed E-state index contributed by atoms with van der Waals surface area (Å²) in [4.78, 5) is 4.10. The summed E-state index contributed by atoms with van der Waals surface area (Å²) < 4.78 is 13.6. The molecule has 3 nitrogen and oxygen atoms in total. The molecular weight excluding hydrogens is 229 g/mol. The van der Waals surface area contributed by atoms with Crippen LogP contribution in [0.25, 0.3) is 0 Å². The van der Waals surface area contributed by atoms with Crippen LogP contribution in [-0.2, 0) is 0 Å². The van der Waals surface area contributed by atoms with Gasteiger partial charge in [-0.1, -0.05) is 6.07 Å². The zero-order chi connectivity index (χ0) is 13.0.